The highest BCUT2D eigenvalue weighted by molar-refractivity contribution is 8.13. The molecule has 0 radical (unpaired) electrons. The van der Waals surface area contributed by atoms with E-state index in [0.717, 1.165) is 22.7 Å². The predicted molar refractivity (Wildman–Crippen MR) is 96.5 cm³/mol. The lowest BCUT2D eigenvalue weighted by atomic mass is 10.2. The highest BCUT2D eigenvalue weighted by Crippen LogP contribution is 2.21. The van der Waals surface area contributed by atoms with Crippen LogP contribution < -0.4 is 15.5 Å². The fourth-order valence-corrected chi connectivity index (χ4v) is 2.82. The zero-order valence-electron chi connectivity index (χ0n) is 13.6. The van der Waals surface area contributed by atoms with E-state index in [0.29, 0.717) is 22.9 Å². The van der Waals surface area contributed by atoms with Gasteiger partial charge in [0.1, 0.15) is 12.4 Å². The van der Waals surface area contributed by atoms with Crippen LogP contribution >= 0.6 is 11.8 Å². The van der Waals surface area contributed by atoms with E-state index in [9.17, 15) is 9.59 Å². The molecule has 2 aromatic carbocycles. The Labute approximate surface area is 152 Å². The number of hydroxylamine groups is 1. The van der Waals surface area contributed by atoms with Crippen LogP contribution in [0.3, 0.4) is 0 Å². The van der Waals surface area contributed by atoms with Gasteiger partial charge < -0.3 is 10.1 Å². The predicted octanol–water partition coefficient (Wildman–Crippen LogP) is 2.56. The first kappa shape index (κ1) is 17.8. The molecule has 3 aromatic rings. The van der Waals surface area contributed by atoms with Crippen LogP contribution in [0.1, 0.15) is 10.5 Å². The number of rotatable bonds is 6. The molecule has 134 valence electrons. The summed E-state index contributed by atoms with van der Waals surface area (Å²) in [6.07, 6.45) is 0. The van der Waals surface area contributed by atoms with Crippen molar-refractivity contribution in [1.82, 2.24) is 21.0 Å². The summed E-state index contributed by atoms with van der Waals surface area (Å²) in [4.78, 5) is 23.9. The van der Waals surface area contributed by atoms with Gasteiger partial charge in [0.15, 0.2) is 5.69 Å². The van der Waals surface area contributed by atoms with Crippen molar-refractivity contribution in [3.63, 3.8) is 0 Å². The maximum atomic E-state index is 12.2. The zero-order valence-corrected chi connectivity index (χ0v) is 14.4. The van der Waals surface area contributed by atoms with E-state index in [1.54, 1.807) is 29.7 Å². The number of nitrogens with one attached hydrogen (secondary N) is 3. The molecule has 0 aliphatic carbocycles. The fraction of sp³-hybridized carbons (Fsp3) is 0.118. The van der Waals surface area contributed by atoms with Gasteiger partial charge >= 0.3 is 5.24 Å². The molecule has 9 heteroatoms. The Morgan fingerprint density at radius 2 is 1.92 bits per heavy atom. The lowest BCUT2D eigenvalue weighted by Crippen LogP contribution is -2.28. The van der Waals surface area contributed by atoms with Crippen molar-refractivity contribution in [2.45, 2.75) is 4.90 Å². The lowest BCUT2D eigenvalue weighted by molar-refractivity contribution is 0.0943. The molecule has 0 atom stereocenters. The number of hydrogen-bond acceptors (Lipinski definition) is 6. The maximum absolute atomic E-state index is 12.2. The molecule has 0 spiro atoms. The third-order valence-electron chi connectivity index (χ3n) is 3.47. The van der Waals surface area contributed by atoms with Crippen LogP contribution in [0.5, 0.6) is 5.75 Å². The Bertz CT molecular complexity index is 911. The first-order valence-corrected chi connectivity index (χ1v) is 8.55. The minimum Gasteiger partial charge on any atom is -0.492 e. The topological polar surface area (TPSA) is 116 Å². The molecule has 4 N–H and O–H groups in total. The van der Waals surface area contributed by atoms with E-state index in [2.05, 4.69) is 15.5 Å². The van der Waals surface area contributed by atoms with Crippen LogP contribution in [0.15, 0.2) is 53.4 Å². The molecule has 1 heterocycles. The number of benzene rings is 2. The van der Waals surface area contributed by atoms with Crippen LogP contribution in [-0.2, 0) is 0 Å². The number of ether oxygens (including phenoxy) is 1. The highest BCUT2D eigenvalue weighted by Gasteiger charge is 2.13. The summed E-state index contributed by atoms with van der Waals surface area (Å²) in [6.45, 7) is 0.612. The second-order valence-corrected chi connectivity index (χ2v) is 6.24. The summed E-state index contributed by atoms with van der Waals surface area (Å²) < 4.78 is 5.55. The van der Waals surface area contributed by atoms with E-state index < -0.39 is 5.24 Å². The molecule has 0 unspecified atom stereocenters. The molecule has 1 aromatic heterocycles. The van der Waals surface area contributed by atoms with Gasteiger partial charge in [0.25, 0.3) is 5.91 Å². The standard InChI is InChI=1S/C17H16N4O4S/c22-16(15-13-3-1-2-4-14(13)19-20-15)18-9-10-25-11-5-7-12(8-6-11)26-17(23)21-24/h1-8,24H,9-10H2,(H,18,22)(H,19,20)(H,21,23). The zero-order chi connectivity index (χ0) is 18.4. The van der Waals surface area contributed by atoms with Gasteiger partial charge in [0.2, 0.25) is 0 Å². The number of thioether (sulfide) groups is 1. The number of para-hydroxylation sites is 1. The average Bonchev–Trinajstić information content (AvgIpc) is 3.10. The molecule has 3 rings (SSSR count). The molecule has 0 saturated heterocycles. The number of nitrogens with zero attached hydrogens (tertiary/aromatic N) is 1. The number of fused-ring (bicyclic) bond motifs is 1. The van der Waals surface area contributed by atoms with Gasteiger partial charge in [0, 0.05) is 10.3 Å². The third-order valence-corrected chi connectivity index (χ3v) is 4.25. The summed E-state index contributed by atoms with van der Waals surface area (Å²) in [6, 6.07) is 14.2. The highest BCUT2D eigenvalue weighted by atomic mass is 32.2. The molecule has 8 nitrogen and oxygen atoms in total. The second kappa shape index (κ2) is 8.37. The van der Waals surface area contributed by atoms with Crippen LogP contribution in [0.2, 0.25) is 0 Å². The van der Waals surface area contributed by atoms with Crippen molar-refractivity contribution in [2.75, 3.05) is 13.2 Å². The van der Waals surface area contributed by atoms with Crippen molar-refractivity contribution < 1.29 is 19.5 Å². The van der Waals surface area contributed by atoms with Crippen LogP contribution in [0, 0.1) is 0 Å². The lowest BCUT2D eigenvalue weighted by Gasteiger charge is -2.08. The number of amides is 2. The van der Waals surface area contributed by atoms with Crippen LogP contribution in [-0.4, -0.2) is 39.7 Å². The number of carbonyl (C=O) groups excluding carboxylic acids is 2. The molecule has 0 fully saturated rings. The van der Waals surface area contributed by atoms with Crippen molar-refractivity contribution in [3.8, 4) is 5.75 Å². The Balaban J connectivity index is 1.46. The van der Waals surface area contributed by atoms with E-state index in [4.69, 9.17) is 9.94 Å². The molecule has 0 bridgehead atoms. The molecule has 26 heavy (non-hydrogen) atoms. The van der Waals surface area contributed by atoms with Gasteiger partial charge in [0.05, 0.1) is 12.1 Å². The molecule has 0 saturated carbocycles. The summed E-state index contributed by atoms with van der Waals surface area (Å²) in [5.74, 6) is 0.339. The normalized spacial score (nSPS) is 10.5. The van der Waals surface area contributed by atoms with E-state index >= 15 is 0 Å². The van der Waals surface area contributed by atoms with Crippen LogP contribution in [0.4, 0.5) is 4.79 Å². The van der Waals surface area contributed by atoms with Gasteiger partial charge in [-0.05, 0) is 42.1 Å². The minimum atomic E-state index is -0.563. The number of H-pyrrole nitrogens is 1. The number of aromatic nitrogens is 2. The van der Waals surface area contributed by atoms with E-state index in [-0.39, 0.29) is 12.5 Å². The average molecular weight is 372 g/mol. The van der Waals surface area contributed by atoms with Gasteiger partial charge in [-0.1, -0.05) is 18.2 Å². The maximum Gasteiger partial charge on any atom is 0.307 e. The van der Waals surface area contributed by atoms with Gasteiger partial charge in [-0.2, -0.15) is 5.10 Å². The summed E-state index contributed by atoms with van der Waals surface area (Å²) in [5, 5.41) is 18.3. The largest absolute Gasteiger partial charge is 0.492 e. The summed E-state index contributed by atoms with van der Waals surface area (Å²) in [7, 11) is 0. The van der Waals surface area contributed by atoms with Gasteiger partial charge in [-0.3, -0.25) is 19.9 Å². The van der Waals surface area contributed by atoms with Gasteiger partial charge in [-0.15, -0.1) is 0 Å². The smallest absolute Gasteiger partial charge is 0.307 e. The van der Waals surface area contributed by atoms with Crippen LogP contribution in [0.25, 0.3) is 10.9 Å². The molecular weight excluding hydrogens is 356 g/mol. The Morgan fingerprint density at radius 3 is 2.69 bits per heavy atom. The summed E-state index contributed by atoms with van der Waals surface area (Å²) >= 11 is 0.861. The first-order chi connectivity index (χ1) is 12.7. The minimum absolute atomic E-state index is 0.271. The summed E-state index contributed by atoms with van der Waals surface area (Å²) in [5.41, 5.74) is 2.71. The van der Waals surface area contributed by atoms with Gasteiger partial charge in [-0.25, -0.2) is 5.48 Å². The second-order valence-electron chi connectivity index (χ2n) is 5.19. The fourth-order valence-electron chi connectivity index (χ4n) is 2.29. The molecule has 0 aliphatic rings. The molecule has 0 aliphatic heterocycles. The SMILES string of the molecule is O=C(NO)Sc1ccc(OCCNC(=O)c2n[nH]c3ccccc23)cc1. The van der Waals surface area contributed by atoms with Crippen molar-refractivity contribution >= 4 is 33.8 Å². The third kappa shape index (κ3) is 4.32. The molecule has 2 amide bonds. The van der Waals surface area contributed by atoms with Crippen molar-refractivity contribution in [2.24, 2.45) is 0 Å². The number of carbonyl (C=O) groups is 2. The van der Waals surface area contributed by atoms with Crippen molar-refractivity contribution in [1.29, 1.82) is 0 Å². The van der Waals surface area contributed by atoms with E-state index in [1.165, 1.54) is 0 Å². The molecular formula is C17H16N4O4S. The monoisotopic (exact) mass is 372 g/mol. The Hall–Kier alpha value is -3.04. The number of hydrogen-bond donors (Lipinski definition) is 4. The van der Waals surface area contributed by atoms with Crippen molar-refractivity contribution in [3.05, 3.63) is 54.2 Å². The van der Waals surface area contributed by atoms with E-state index in [1.807, 2.05) is 24.3 Å². The first-order valence-electron chi connectivity index (χ1n) is 7.73. The quantitative estimate of drug-likeness (QED) is 0.229. The Kier molecular flexibility index (Phi) is 5.72. The Morgan fingerprint density at radius 1 is 1.15 bits per heavy atom. The number of aromatic amines is 1.